The van der Waals surface area contributed by atoms with Crippen LogP contribution >= 0.6 is 0 Å². The van der Waals surface area contributed by atoms with Crippen molar-refractivity contribution >= 4 is 17.6 Å². The van der Waals surface area contributed by atoms with Crippen LogP contribution in [-0.4, -0.2) is 32.1 Å². The summed E-state index contributed by atoms with van der Waals surface area (Å²) in [5.74, 6) is -0.596. The summed E-state index contributed by atoms with van der Waals surface area (Å²) in [6.45, 7) is 1.46. The van der Waals surface area contributed by atoms with Gasteiger partial charge in [-0.2, -0.15) is 0 Å². The standard InChI is InChI=1S/C20H24N2O3/c1-25-20(24)17-11-5-6-12-18(17)22-19(23)13-15-21-14-7-10-16-8-3-2-4-9-16/h2-6,8-9,11-12,21H,7,10,13-15H2,1H3,(H,22,23). The van der Waals surface area contributed by atoms with Gasteiger partial charge in [0.25, 0.3) is 0 Å². The summed E-state index contributed by atoms with van der Waals surface area (Å²) < 4.78 is 4.72. The SMILES string of the molecule is COC(=O)c1ccccc1NC(=O)CCNCCCc1ccccc1. The topological polar surface area (TPSA) is 67.4 Å². The molecule has 0 atom stereocenters. The second kappa shape index (κ2) is 10.3. The lowest BCUT2D eigenvalue weighted by atomic mass is 10.1. The fourth-order valence-corrected chi connectivity index (χ4v) is 2.48. The number of ether oxygens (including phenoxy) is 1. The van der Waals surface area contributed by atoms with Crippen LogP contribution in [-0.2, 0) is 16.0 Å². The number of benzene rings is 2. The zero-order valence-electron chi connectivity index (χ0n) is 14.5. The average Bonchev–Trinajstić information content (AvgIpc) is 2.65. The van der Waals surface area contributed by atoms with Gasteiger partial charge in [-0.15, -0.1) is 0 Å². The number of anilines is 1. The summed E-state index contributed by atoms with van der Waals surface area (Å²) >= 11 is 0. The van der Waals surface area contributed by atoms with E-state index in [1.165, 1.54) is 12.7 Å². The van der Waals surface area contributed by atoms with E-state index in [0.29, 0.717) is 24.2 Å². The van der Waals surface area contributed by atoms with Gasteiger partial charge >= 0.3 is 5.97 Å². The van der Waals surface area contributed by atoms with Gasteiger partial charge in [0.1, 0.15) is 0 Å². The first kappa shape index (κ1) is 18.7. The van der Waals surface area contributed by atoms with Crippen LogP contribution in [0.2, 0.25) is 0 Å². The number of amides is 1. The predicted molar refractivity (Wildman–Crippen MR) is 98.7 cm³/mol. The number of hydrogen-bond donors (Lipinski definition) is 2. The summed E-state index contributed by atoms with van der Waals surface area (Å²) in [6.07, 6.45) is 2.39. The molecular formula is C20H24N2O3. The first-order valence-electron chi connectivity index (χ1n) is 8.42. The zero-order valence-corrected chi connectivity index (χ0v) is 14.5. The number of nitrogens with one attached hydrogen (secondary N) is 2. The Morgan fingerprint density at radius 2 is 1.68 bits per heavy atom. The molecule has 0 aliphatic heterocycles. The molecule has 0 aliphatic rings. The molecule has 0 saturated heterocycles. The molecule has 0 heterocycles. The zero-order chi connectivity index (χ0) is 17.9. The summed E-state index contributed by atoms with van der Waals surface area (Å²) in [6, 6.07) is 17.1. The van der Waals surface area contributed by atoms with Gasteiger partial charge in [0, 0.05) is 13.0 Å². The molecule has 1 amide bonds. The Morgan fingerprint density at radius 1 is 0.960 bits per heavy atom. The lowest BCUT2D eigenvalue weighted by Crippen LogP contribution is -2.23. The smallest absolute Gasteiger partial charge is 0.339 e. The monoisotopic (exact) mass is 340 g/mol. The van der Waals surface area contributed by atoms with Crippen molar-refractivity contribution in [3.63, 3.8) is 0 Å². The molecule has 0 fully saturated rings. The van der Waals surface area contributed by atoms with Crippen LogP contribution in [0.3, 0.4) is 0 Å². The Kier molecular flexibility index (Phi) is 7.66. The fraction of sp³-hybridized carbons (Fsp3) is 0.300. The highest BCUT2D eigenvalue weighted by molar-refractivity contribution is 6.01. The van der Waals surface area contributed by atoms with Gasteiger partial charge in [0.05, 0.1) is 18.4 Å². The van der Waals surface area contributed by atoms with Crippen molar-refractivity contribution in [3.05, 3.63) is 65.7 Å². The number of carbonyl (C=O) groups is 2. The molecule has 2 aromatic rings. The summed E-state index contributed by atoms with van der Waals surface area (Å²) in [5.41, 5.74) is 2.15. The molecule has 132 valence electrons. The molecule has 2 N–H and O–H groups in total. The molecule has 5 heteroatoms. The van der Waals surface area contributed by atoms with Crippen LogP contribution < -0.4 is 10.6 Å². The van der Waals surface area contributed by atoms with E-state index in [1.807, 2.05) is 18.2 Å². The highest BCUT2D eigenvalue weighted by Crippen LogP contribution is 2.16. The molecule has 0 bridgehead atoms. The van der Waals surface area contributed by atoms with Gasteiger partial charge in [0.2, 0.25) is 5.91 Å². The van der Waals surface area contributed by atoms with Gasteiger partial charge in [-0.05, 0) is 37.1 Å². The third kappa shape index (κ3) is 6.39. The largest absolute Gasteiger partial charge is 0.465 e. The van der Waals surface area contributed by atoms with E-state index in [-0.39, 0.29) is 5.91 Å². The number of rotatable bonds is 9. The van der Waals surface area contributed by atoms with E-state index in [2.05, 4.69) is 22.8 Å². The second-order valence-electron chi connectivity index (χ2n) is 5.67. The van der Waals surface area contributed by atoms with Crippen molar-refractivity contribution in [2.45, 2.75) is 19.3 Å². The van der Waals surface area contributed by atoms with Crippen LogP contribution in [0, 0.1) is 0 Å². The van der Waals surface area contributed by atoms with E-state index in [1.54, 1.807) is 24.3 Å². The fourth-order valence-electron chi connectivity index (χ4n) is 2.48. The third-order valence-corrected chi connectivity index (χ3v) is 3.80. The van der Waals surface area contributed by atoms with Crippen molar-refractivity contribution in [2.24, 2.45) is 0 Å². The number of carbonyl (C=O) groups excluding carboxylic acids is 2. The first-order chi connectivity index (χ1) is 12.2. The van der Waals surface area contributed by atoms with E-state index in [0.717, 1.165) is 19.4 Å². The Bertz CT molecular complexity index is 686. The molecular weight excluding hydrogens is 316 g/mol. The van der Waals surface area contributed by atoms with E-state index in [4.69, 9.17) is 4.74 Å². The minimum absolute atomic E-state index is 0.132. The minimum Gasteiger partial charge on any atom is -0.465 e. The van der Waals surface area contributed by atoms with Gasteiger partial charge in [-0.25, -0.2) is 4.79 Å². The van der Waals surface area contributed by atoms with Crippen LogP contribution in [0.15, 0.2) is 54.6 Å². The first-order valence-corrected chi connectivity index (χ1v) is 8.42. The van der Waals surface area contributed by atoms with Crippen molar-refractivity contribution in [2.75, 3.05) is 25.5 Å². The number of methoxy groups -OCH3 is 1. The average molecular weight is 340 g/mol. The maximum atomic E-state index is 12.0. The van der Waals surface area contributed by atoms with Crippen molar-refractivity contribution in [3.8, 4) is 0 Å². The number of esters is 1. The summed E-state index contributed by atoms with van der Waals surface area (Å²) in [4.78, 5) is 23.7. The molecule has 0 aromatic heterocycles. The van der Waals surface area contributed by atoms with Gasteiger partial charge in [-0.3, -0.25) is 4.79 Å². The van der Waals surface area contributed by atoms with Crippen LogP contribution in [0.4, 0.5) is 5.69 Å². The van der Waals surface area contributed by atoms with Crippen molar-refractivity contribution in [1.82, 2.24) is 5.32 Å². The Hall–Kier alpha value is -2.66. The normalized spacial score (nSPS) is 10.3. The number of aryl methyl sites for hydroxylation is 1. The summed E-state index contributed by atoms with van der Waals surface area (Å²) in [7, 11) is 1.32. The van der Waals surface area contributed by atoms with Crippen molar-refractivity contribution < 1.29 is 14.3 Å². The molecule has 2 rings (SSSR count). The van der Waals surface area contributed by atoms with E-state index >= 15 is 0 Å². The Balaban J connectivity index is 1.67. The lowest BCUT2D eigenvalue weighted by Gasteiger charge is -2.10. The maximum Gasteiger partial charge on any atom is 0.339 e. The van der Waals surface area contributed by atoms with E-state index < -0.39 is 5.97 Å². The molecule has 2 aromatic carbocycles. The molecule has 0 unspecified atom stereocenters. The number of para-hydroxylation sites is 1. The van der Waals surface area contributed by atoms with Gasteiger partial charge < -0.3 is 15.4 Å². The van der Waals surface area contributed by atoms with Crippen LogP contribution in [0.1, 0.15) is 28.8 Å². The third-order valence-electron chi connectivity index (χ3n) is 3.80. The van der Waals surface area contributed by atoms with Crippen molar-refractivity contribution in [1.29, 1.82) is 0 Å². The van der Waals surface area contributed by atoms with Gasteiger partial charge in [-0.1, -0.05) is 42.5 Å². The lowest BCUT2D eigenvalue weighted by molar-refractivity contribution is -0.116. The molecule has 0 spiro atoms. The maximum absolute atomic E-state index is 12.0. The molecule has 25 heavy (non-hydrogen) atoms. The highest BCUT2D eigenvalue weighted by Gasteiger charge is 2.12. The van der Waals surface area contributed by atoms with Crippen LogP contribution in [0.5, 0.6) is 0 Å². The molecule has 0 radical (unpaired) electrons. The molecule has 0 aliphatic carbocycles. The van der Waals surface area contributed by atoms with Crippen LogP contribution in [0.25, 0.3) is 0 Å². The Labute approximate surface area is 148 Å². The van der Waals surface area contributed by atoms with Gasteiger partial charge in [0.15, 0.2) is 0 Å². The minimum atomic E-state index is -0.463. The van der Waals surface area contributed by atoms with E-state index in [9.17, 15) is 9.59 Å². The highest BCUT2D eigenvalue weighted by atomic mass is 16.5. The second-order valence-corrected chi connectivity index (χ2v) is 5.67. The quantitative estimate of drug-likeness (QED) is 0.544. The Morgan fingerprint density at radius 3 is 2.44 bits per heavy atom. The molecule has 5 nitrogen and oxygen atoms in total. The predicted octanol–water partition coefficient (Wildman–Crippen LogP) is 3.02. The summed E-state index contributed by atoms with van der Waals surface area (Å²) in [5, 5.41) is 6.03. The molecule has 0 saturated carbocycles. The number of hydrogen-bond acceptors (Lipinski definition) is 4.